The molecule has 1 aliphatic rings. The lowest BCUT2D eigenvalue weighted by Crippen LogP contribution is -2.52. The molecule has 0 aromatic heterocycles. The fraction of sp³-hybridized carbons (Fsp3) is 0.440. The molecule has 2 amide bonds. The van der Waals surface area contributed by atoms with Crippen LogP contribution < -0.4 is 0 Å². The molecule has 35 heavy (non-hydrogen) atoms. The third-order valence-corrected chi connectivity index (χ3v) is 5.86. The van der Waals surface area contributed by atoms with E-state index in [2.05, 4.69) is 0 Å². The van der Waals surface area contributed by atoms with Crippen LogP contribution in [0.4, 0.5) is 26.7 Å². The second-order valence-electron chi connectivity index (χ2n) is 9.55. The SMILES string of the molecule is CN(C(=O)c1ccc(F)c(C(F)(F)F)c1)[C@@H]1CCN(C(=O)OC(C)(C)C)C[C@H]1c1ccc(F)cc1. The molecule has 0 N–H and O–H groups in total. The first-order valence-electron chi connectivity index (χ1n) is 11.0. The van der Waals surface area contributed by atoms with Gasteiger partial charge in [0.25, 0.3) is 5.91 Å². The first-order chi connectivity index (χ1) is 16.2. The van der Waals surface area contributed by atoms with Gasteiger partial charge in [-0.1, -0.05) is 12.1 Å². The van der Waals surface area contributed by atoms with E-state index >= 15 is 0 Å². The van der Waals surface area contributed by atoms with Gasteiger partial charge in [0.2, 0.25) is 0 Å². The molecule has 0 saturated carbocycles. The van der Waals surface area contributed by atoms with Crippen molar-refractivity contribution in [3.63, 3.8) is 0 Å². The number of carbonyl (C=O) groups excluding carboxylic acids is 2. The van der Waals surface area contributed by atoms with E-state index in [1.54, 1.807) is 32.9 Å². The maximum absolute atomic E-state index is 13.7. The molecule has 2 atom stereocenters. The number of amides is 2. The van der Waals surface area contributed by atoms with E-state index in [0.29, 0.717) is 24.1 Å². The number of likely N-dealkylation sites (tertiary alicyclic amines) is 1. The summed E-state index contributed by atoms with van der Waals surface area (Å²) in [5, 5.41) is 0. The van der Waals surface area contributed by atoms with Crippen LogP contribution in [0.2, 0.25) is 0 Å². The Balaban J connectivity index is 1.90. The zero-order valence-electron chi connectivity index (χ0n) is 19.8. The molecule has 2 aromatic rings. The molecule has 0 aliphatic carbocycles. The monoisotopic (exact) mass is 498 g/mol. The number of hydrogen-bond acceptors (Lipinski definition) is 3. The fourth-order valence-corrected chi connectivity index (χ4v) is 4.16. The summed E-state index contributed by atoms with van der Waals surface area (Å²) in [4.78, 5) is 28.6. The molecule has 1 saturated heterocycles. The Morgan fingerprint density at radius 1 is 1.03 bits per heavy atom. The van der Waals surface area contributed by atoms with Gasteiger partial charge in [0, 0.05) is 37.7 Å². The molecule has 5 nitrogen and oxygen atoms in total. The van der Waals surface area contributed by atoms with Crippen molar-refractivity contribution in [1.82, 2.24) is 9.80 Å². The maximum atomic E-state index is 13.7. The predicted octanol–water partition coefficient (Wildman–Crippen LogP) is 5.85. The van der Waals surface area contributed by atoms with Gasteiger partial charge < -0.3 is 14.5 Å². The van der Waals surface area contributed by atoms with Gasteiger partial charge in [-0.05, 0) is 63.1 Å². The van der Waals surface area contributed by atoms with Crippen LogP contribution in [0.5, 0.6) is 0 Å². The summed E-state index contributed by atoms with van der Waals surface area (Å²) >= 11 is 0. The lowest BCUT2D eigenvalue weighted by atomic mass is 9.85. The van der Waals surface area contributed by atoms with Crippen molar-refractivity contribution in [2.24, 2.45) is 0 Å². The summed E-state index contributed by atoms with van der Waals surface area (Å²) in [5.74, 6) is -3.11. The number of ether oxygens (including phenoxy) is 1. The molecule has 10 heteroatoms. The number of nitrogens with zero attached hydrogens (tertiary/aromatic N) is 2. The van der Waals surface area contributed by atoms with Gasteiger partial charge in [-0.15, -0.1) is 0 Å². The topological polar surface area (TPSA) is 49.9 Å². The second-order valence-corrected chi connectivity index (χ2v) is 9.55. The Hall–Kier alpha value is -3.17. The predicted molar refractivity (Wildman–Crippen MR) is 119 cm³/mol. The van der Waals surface area contributed by atoms with Crippen molar-refractivity contribution in [1.29, 1.82) is 0 Å². The average Bonchev–Trinajstić information content (AvgIpc) is 2.76. The quantitative estimate of drug-likeness (QED) is 0.499. The third-order valence-electron chi connectivity index (χ3n) is 5.86. The molecule has 1 fully saturated rings. The maximum Gasteiger partial charge on any atom is 0.419 e. The largest absolute Gasteiger partial charge is 0.444 e. The molecule has 190 valence electrons. The van der Waals surface area contributed by atoms with Crippen LogP contribution in [-0.4, -0.2) is 53.6 Å². The highest BCUT2D eigenvalue weighted by Crippen LogP contribution is 2.34. The van der Waals surface area contributed by atoms with Gasteiger partial charge in [-0.3, -0.25) is 4.79 Å². The highest BCUT2D eigenvalue weighted by atomic mass is 19.4. The van der Waals surface area contributed by atoms with Gasteiger partial charge in [0.15, 0.2) is 0 Å². The molecule has 2 aromatic carbocycles. The van der Waals surface area contributed by atoms with Crippen LogP contribution in [0.1, 0.15) is 54.6 Å². The fourth-order valence-electron chi connectivity index (χ4n) is 4.16. The summed E-state index contributed by atoms with van der Waals surface area (Å²) in [5.41, 5.74) is -1.90. The van der Waals surface area contributed by atoms with Gasteiger partial charge >= 0.3 is 12.3 Å². The lowest BCUT2D eigenvalue weighted by molar-refractivity contribution is -0.140. The molecular formula is C25H27F5N2O3. The van der Waals surface area contributed by atoms with E-state index in [9.17, 15) is 31.5 Å². The zero-order chi connectivity index (χ0) is 26.1. The number of likely N-dealkylation sites (N-methyl/N-ethyl adjacent to an activating group) is 1. The van der Waals surface area contributed by atoms with Crippen molar-refractivity contribution in [3.8, 4) is 0 Å². The van der Waals surface area contributed by atoms with E-state index in [4.69, 9.17) is 4.74 Å². The summed E-state index contributed by atoms with van der Waals surface area (Å²) in [6, 6.07) is 7.21. The van der Waals surface area contributed by atoms with E-state index in [-0.39, 0.29) is 18.7 Å². The Kier molecular flexibility index (Phi) is 7.42. The van der Waals surface area contributed by atoms with E-state index in [0.717, 1.165) is 6.07 Å². The number of hydrogen-bond donors (Lipinski definition) is 0. The molecule has 3 rings (SSSR count). The highest BCUT2D eigenvalue weighted by Gasteiger charge is 2.39. The highest BCUT2D eigenvalue weighted by molar-refractivity contribution is 5.94. The number of alkyl halides is 3. The van der Waals surface area contributed by atoms with Crippen molar-refractivity contribution in [2.45, 2.75) is 50.9 Å². The van der Waals surface area contributed by atoms with Crippen LogP contribution >= 0.6 is 0 Å². The van der Waals surface area contributed by atoms with Crippen LogP contribution in [-0.2, 0) is 10.9 Å². The number of rotatable bonds is 3. The second kappa shape index (κ2) is 9.83. The van der Waals surface area contributed by atoms with Gasteiger partial charge in [0.1, 0.15) is 17.2 Å². The minimum atomic E-state index is -4.95. The third kappa shape index (κ3) is 6.29. The molecule has 0 spiro atoms. The van der Waals surface area contributed by atoms with Crippen molar-refractivity contribution in [2.75, 3.05) is 20.1 Å². The first kappa shape index (κ1) is 26.4. The van der Waals surface area contributed by atoms with Crippen molar-refractivity contribution < 1.29 is 36.3 Å². The molecular weight excluding hydrogens is 471 g/mol. The summed E-state index contributed by atoms with van der Waals surface area (Å²) < 4.78 is 72.2. The smallest absolute Gasteiger partial charge is 0.419 e. The molecule has 0 unspecified atom stereocenters. The summed E-state index contributed by atoms with van der Waals surface area (Å²) in [6.45, 7) is 5.60. The normalized spacial score (nSPS) is 18.8. The van der Waals surface area contributed by atoms with Crippen LogP contribution in [0.15, 0.2) is 42.5 Å². The molecule has 1 aliphatic heterocycles. The number of halogens is 5. The summed E-state index contributed by atoms with van der Waals surface area (Å²) in [6.07, 6.45) is -5.18. The van der Waals surface area contributed by atoms with Gasteiger partial charge in [-0.25, -0.2) is 13.6 Å². The zero-order valence-corrected chi connectivity index (χ0v) is 19.8. The number of benzene rings is 2. The Morgan fingerprint density at radius 2 is 1.66 bits per heavy atom. The van der Waals surface area contributed by atoms with Gasteiger partial charge in [-0.2, -0.15) is 13.2 Å². The standard InChI is InChI=1S/C25H27F5N2O3/c1-24(2,3)35-23(34)32-12-11-21(18(14-32)15-5-8-17(26)9-6-15)31(4)22(33)16-7-10-20(27)19(13-16)25(28,29)30/h5-10,13,18,21H,11-12,14H2,1-4H3/t18-,21+/m0/s1. The number of piperidine rings is 1. The number of carbonyl (C=O) groups is 2. The Labute approximate surface area is 200 Å². The summed E-state index contributed by atoms with van der Waals surface area (Å²) in [7, 11) is 1.45. The minimum Gasteiger partial charge on any atom is -0.444 e. The average molecular weight is 498 g/mol. The van der Waals surface area contributed by atoms with E-state index < -0.39 is 52.9 Å². The Morgan fingerprint density at radius 3 is 2.23 bits per heavy atom. The van der Waals surface area contributed by atoms with Crippen LogP contribution in [0.25, 0.3) is 0 Å². The van der Waals surface area contributed by atoms with Crippen LogP contribution in [0.3, 0.4) is 0 Å². The van der Waals surface area contributed by atoms with Crippen molar-refractivity contribution in [3.05, 3.63) is 70.8 Å². The minimum absolute atomic E-state index is 0.153. The van der Waals surface area contributed by atoms with E-state index in [1.807, 2.05) is 0 Å². The first-order valence-corrected chi connectivity index (χ1v) is 11.0. The van der Waals surface area contributed by atoms with Crippen LogP contribution in [0, 0.1) is 11.6 Å². The molecule has 0 radical (unpaired) electrons. The molecule has 0 bridgehead atoms. The molecule has 1 heterocycles. The Bertz CT molecular complexity index is 1080. The van der Waals surface area contributed by atoms with Gasteiger partial charge in [0.05, 0.1) is 5.56 Å². The van der Waals surface area contributed by atoms with E-state index in [1.165, 1.54) is 29.0 Å². The van der Waals surface area contributed by atoms with Crippen molar-refractivity contribution >= 4 is 12.0 Å². The lowest BCUT2D eigenvalue weighted by Gasteiger charge is -2.43.